The van der Waals surface area contributed by atoms with Crippen LogP contribution in [0.1, 0.15) is 23.6 Å². The van der Waals surface area contributed by atoms with Crippen molar-refractivity contribution in [3.63, 3.8) is 0 Å². The first-order valence-corrected chi connectivity index (χ1v) is 13.4. The molecule has 3 aromatic rings. The van der Waals surface area contributed by atoms with E-state index in [4.69, 9.17) is 32.7 Å². The fourth-order valence-corrected chi connectivity index (χ4v) is 5.41. The van der Waals surface area contributed by atoms with Crippen molar-refractivity contribution in [1.82, 2.24) is 4.90 Å². The summed E-state index contributed by atoms with van der Waals surface area (Å²) in [6.07, 6.45) is 1.61. The SMILES string of the molecule is CCOc1cc(/C=C2/SC(=O)N(Cc3c(F)cccc3Cl)C2=O)cc(I)c1OCc1ccc(Cl)cc1. The molecule has 0 N–H and O–H groups in total. The molecule has 2 amide bonds. The van der Waals surface area contributed by atoms with E-state index >= 15 is 0 Å². The second kappa shape index (κ2) is 11.9. The van der Waals surface area contributed by atoms with Crippen LogP contribution in [0.5, 0.6) is 11.5 Å². The van der Waals surface area contributed by atoms with Crippen molar-refractivity contribution in [3.8, 4) is 11.5 Å². The van der Waals surface area contributed by atoms with Gasteiger partial charge in [0, 0.05) is 15.6 Å². The molecule has 36 heavy (non-hydrogen) atoms. The number of nitrogens with zero attached hydrogens (tertiary/aromatic N) is 1. The molecule has 0 aromatic heterocycles. The molecule has 1 aliphatic rings. The standard InChI is InChI=1S/C26H19Cl2FINO4S/c1-2-34-22-11-16(10-21(30)24(22)35-14-15-6-8-17(27)9-7-15)12-23-25(32)31(26(33)36-23)13-18-19(28)4-3-5-20(18)29/h3-12H,2,13-14H2,1H3/b23-12+. The van der Waals surface area contributed by atoms with Gasteiger partial charge in [0.15, 0.2) is 11.5 Å². The number of imide groups is 1. The summed E-state index contributed by atoms with van der Waals surface area (Å²) in [5.74, 6) is 0.00445. The Labute approximate surface area is 235 Å². The summed E-state index contributed by atoms with van der Waals surface area (Å²) in [5.41, 5.74) is 1.71. The molecule has 1 aliphatic heterocycles. The summed E-state index contributed by atoms with van der Waals surface area (Å²) in [5, 5.41) is 0.311. The van der Waals surface area contributed by atoms with Gasteiger partial charge in [-0.2, -0.15) is 0 Å². The molecule has 0 spiro atoms. The highest BCUT2D eigenvalue weighted by molar-refractivity contribution is 14.1. The summed E-state index contributed by atoms with van der Waals surface area (Å²) < 4.78 is 26.8. The number of amides is 2. The van der Waals surface area contributed by atoms with Crippen molar-refractivity contribution in [3.05, 3.63) is 95.6 Å². The van der Waals surface area contributed by atoms with Crippen LogP contribution < -0.4 is 9.47 Å². The number of carbonyl (C=O) groups excluding carboxylic acids is 2. The first-order chi connectivity index (χ1) is 17.3. The van der Waals surface area contributed by atoms with Crippen LogP contribution in [0, 0.1) is 9.39 Å². The Morgan fingerprint density at radius 1 is 1.08 bits per heavy atom. The van der Waals surface area contributed by atoms with Gasteiger partial charge >= 0.3 is 0 Å². The highest BCUT2D eigenvalue weighted by Crippen LogP contribution is 2.38. The summed E-state index contributed by atoms with van der Waals surface area (Å²) in [6, 6.07) is 15.2. The van der Waals surface area contributed by atoms with Crippen LogP contribution in [0.25, 0.3) is 6.08 Å². The van der Waals surface area contributed by atoms with Crippen molar-refractivity contribution >= 4 is 74.8 Å². The number of hydrogen-bond donors (Lipinski definition) is 0. The molecular formula is C26H19Cl2FINO4S. The maximum atomic E-state index is 14.2. The predicted octanol–water partition coefficient (Wildman–Crippen LogP) is 7.95. The highest BCUT2D eigenvalue weighted by atomic mass is 127. The zero-order valence-electron chi connectivity index (χ0n) is 18.9. The molecule has 1 heterocycles. The van der Waals surface area contributed by atoms with Crippen LogP contribution in [-0.4, -0.2) is 22.7 Å². The minimum Gasteiger partial charge on any atom is -0.490 e. The number of rotatable bonds is 8. The third kappa shape index (κ3) is 6.16. The Hall–Kier alpha value is -2.27. The molecule has 1 saturated heterocycles. The molecule has 0 aliphatic carbocycles. The molecule has 4 rings (SSSR count). The fraction of sp³-hybridized carbons (Fsp3) is 0.154. The van der Waals surface area contributed by atoms with E-state index in [2.05, 4.69) is 22.6 Å². The van der Waals surface area contributed by atoms with E-state index in [1.807, 2.05) is 25.1 Å². The number of hydrogen-bond acceptors (Lipinski definition) is 5. The molecule has 0 bridgehead atoms. The highest BCUT2D eigenvalue weighted by Gasteiger charge is 2.36. The van der Waals surface area contributed by atoms with Crippen LogP contribution in [0.15, 0.2) is 59.5 Å². The van der Waals surface area contributed by atoms with E-state index in [0.29, 0.717) is 35.3 Å². The Bertz CT molecular complexity index is 1330. The molecule has 0 radical (unpaired) electrons. The lowest BCUT2D eigenvalue weighted by molar-refractivity contribution is -0.123. The minimum atomic E-state index is -0.573. The summed E-state index contributed by atoms with van der Waals surface area (Å²) in [6.45, 7) is 2.36. The zero-order valence-corrected chi connectivity index (χ0v) is 23.4. The van der Waals surface area contributed by atoms with Gasteiger partial charge in [0.2, 0.25) is 0 Å². The maximum absolute atomic E-state index is 14.2. The lowest BCUT2D eigenvalue weighted by Crippen LogP contribution is -2.28. The van der Waals surface area contributed by atoms with Gasteiger partial charge in [-0.3, -0.25) is 14.5 Å². The van der Waals surface area contributed by atoms with E-state index in [0.717, 1.165) is 25.8 Å². The van der Waals surface area contributed by atoms with Gasteiger partial charge < -0.3 is 9.47 Å². The van der Waals surface area contributed by atoms with Crippen molar-refractivity contribution in [1.29, 1.82) is 0 Å². The molecule has 1 fully saturated rings. The van der Waals surface area contributed by atoms with Gasteiger partial charge in [-0.05, 0) is 94.9 Å². The Kier molecular flexibility index (Phi) is 8.82. The van der Waals surface area contributed by atoms with Crippen LogP contribution >= 0.6 is 57.6 Å². The Balaban J connectivity index is 1.56. The van der Waals surface area contributed by atoms with Crippen LogP contribution in [-0.2, 0) is 17.9 Å². The molecule has 0 saturated carbocycles. The van der Waals surface area contributed by atoms with Crippen molar-refractivity contribution in [2.45, 2.75) is 20.1 Å². The third-order valence-corrected chi connectivity index (χ3v) is 7.49. The van der Waals surface area contributed by atoms with Gasteiger partial charge in [0.05, 0.1) is 21.6 Å². The van der Waals surface area contributed by atoms with Crippen LogP contribution in [0.2, 0.25) is 10.0 Å². The Morgan fingerprint density at radius 3 is 2.53 bits per heavy atom. The van der Waals surface area contributed by atoms with Crippen LogP contribution in [0.4, 0.5) is 9.18 Å². The quantitative estimate of drug-likeness (QED) is 0.182. The normalized spacial score (nSPS) is 14.6. The maximum Gasteiger partial charge on any atom is 0.293 e. The van der Waals surface area contributed by atoms with Gasteiger partial charge in [-0.25, -0.2) is 4.39 Å². The fourth-order valence-electron chi connectivity index (χ4n) is 3.44. The summed E-state index contributed by atoms with van der Waals surface area (Å²) in [7, 11) is 0. The molecule has 0 unspecified atom stereocenters. The second-order valence-corrected chi connectivity index (χ2v) is 10.6. The monoisotopic (exact) mass is 657 g/mol. The summed E-state index contributed by atoms with van der Waals surface area (Å²) in [4.78, 5) is 26.7. The second-order valence-electron chi connectivity index (χ2n) is 7.65. The molecule has 5 nitrogen and oxygen atoms in total. The van der Waals surface area contributed by atoms with Crippen molar-refractivity contribution < 1.29 is 23.5 Å². The van der Waals surface area contributed by atoms with E-state index < -0.39 is 17.0 Å². The molecule has 3 aromatic carbocycles. The predicted molar refractivity (Wildman–Crippen MR) is 149 cm³/mol. The van der Waals surface area contributed by atoms with Gasteiger partial charge in [-0.1, -0.05) is 41.4 Å². The first-order valence-electron chi connectivity index (χ1n) is 10.8. The Morgan fingerprint density at radius 2 is 1.83 bits per heavy atom. The zero-order chi connectivity index (χ0) is 25.8. The van der Waals surface area contributed by atoms with Crippen LogP contribution in [0.3, 0.4) is 0 Å². The largest absolute Gasteiger partial charge is 0.490 e. The van der Waals surface area contributed by atoms with Gasteiger partial charge in [0.1, 0.15) is 12.4 Å². The smallest absolute Gasteiger partial charge is 0.293 e. The number of ether oxygens (including phenoxy) is 2. The summed E-state index contributed by atoms with van der Waals surface area (Å²) >= 11 is 15.0. The molecule has 0 atom stereocenters. The van der Waals surface area contributed by atoms with E-state index in [1.54, 1.807) is 24.3 Å². The van der Waals surface area contributed by atoms with E-state index in [9.17, 15) is 14.0 Å². The topological polar surface area (TPSA) is 55.8 Å². The van der Waals surface area contributed by atoms with E-state index in [1.165, 1.54) is 18.2 Å². The molecular weight excluding hydrogens is 639 g/mol. The van der Waals surface area contributed by atoms with Crippen molar-refractivity contribution in [2.24, 2.45) is 0 Å². The third-order valence-electron chi connectivity index (χ3n) is 5.18. The van der Waals surface area contributed by atoms with Crippen molar-refractivity contribution in [2.75, 3.05) is 6.61 Å². The number of halogens is 4. The lowest BCUT2D eigenvalue weighted by atomic mass is 10.1. The first kappa shape index (κ1) is 26.8. The average molecular weight is 658 g/mol. The number of benzene rings is 3. The molecule has 10 heteroatoms. The number of carbonyl (C=O) groups is 2. The average Bonchev–Trinajstić information content (AvgIpc) is 3.09. The van der Waals surface area contributed by atoms with Gasteiger partial charge in [0.25, 0.3) is 11.1 Å². The lowest BCUT2D eigenvalue weighted by Gasteiger charge is -2.15. The molecule has 186 valence electrons. The number of thioether (sulfide) groups is 1. The minimum absolute atomic E-state index is 0.0955. The van der Waals surface area contributed by atoms with Gasteiger partial charge in [-0.15, -0.1) is 0 Å². The van der Waals surface area contributed by atoms with E-state index in [-0.39, 0.29) is 22.0 Å².